The van der Waals surface area contributed by atoms with Crippen molar-refractivity contribution in [2.45, 2.75) is 64.3 Å². The summed E-state index contributed by atoms with van der Waals surface area (Å²) < 4.78 is 71.7. The lowest BCUT2D eigenvalue weighted by molar-refractivity contribution is -0.280. The van der Waals surface area contributed by atoms with Gasteiger partial charge in [0.15, 0.2) is 11.6 Å². The van der Waals surface area contributed by atoms with Gasteiger partial charge in [0.25, 0.3) is 0 Å². The lowest BCUT2D eigenvalue weighted by Gasteiger charge is -2.31. The Kier molecular flexibility index (Phi) is 7.07. The maximum atomic E-state index is 14.3. The van der Waals surface area contributed by atoms with E-state index in [1.807, 2.05) is 6.92 Å². The molecule has 1 aromatic rings. The molecule has 0 radical (unpaired) electrons. The van der Waals surface area contributed by atoms with E-state index in [9.17, 15) is 17.6 Å². The molecule has 0 amide bonds. The molecule has 25 heavy (non-hydrogen) atoms. The monoisotopic (exact) mass is 364 g/mol. The van der Waals surface area contributed by atoms with E-state index >= 15 is 0 Å². The van der Waals surface area contributed by atoms with Crippen molar-refractivity contribution in [1.82, 2.24) is 0 Å². The molecular weight excluding hydrogens is 340 g/mol. The average Bonchev–Trinajstić information content (AvgIpc) is 2.58. The smallest absolute Gasteiger partial charge is 0.386 e. The van der Waals surface area contributed by atoms with E-state index in [0.717, 1.165) is 18.6 Å². The summed E-state index contributed by atoms with van der Waals surface area (Å²) in [6.45, 7) is 4.33. The van der Waals surface area contributed by atoms with Gasteiger partial charge in [-0.1, -0.05) is 6.92 Å². The predicted octanol–water partition coefficient (Wildman–Crippen LogP) is 5.17. The number of benzene rings is 1. The van der Waals surface area contributed by atoms with E-state index in [-0.39, 0.29) is 12.7 Å². The van der Waals surface area contributed by atoms with E-state index in [4.69, 9.17) is 14.2 Å². The average molecular weight is 364 g/mol. The first-order valence-electron chi connectivity index (χ1n) is 8.67. The van der Waals surface area contributed by atoms with Crippen LogP contribution in [-0.2, 0) is 15.6 Å². The second-order valence-electron chi connectivity index (χ2n) is 6.08. The van der Waals surface area contributed by atoms with Gasteiger partial charge in [-0.3, -0.25) is 0 Å². The summed E-state index contributed by atoms with van der Waals surface area (Å²) in [5, 5.41) is 0. The van der Waals surface area contributed by atoms with Crippen molar-refractivity contribution in [2.24, 2.45) is 0 Å². The first kappa shape index (κ1) is 20.0. The van der Waals surface area contributed by atoms with Crippen molar-refractivity contribution in [2.75, 3.05) is 13.2 Å². The molecule has 0 unspecified atom stereocenters. The van der Waals surface area contributed by atoms with Crippen LogP contribution in [0.1, 0.15) is 51.5 Å². The molecule has 0 heterocycles. The molecule has 0 saturated heterocycles. The molecule has 0 atom stereocenters. The Hall–Kier alpha value is -1.34. The van der Waals surface area contributed by atoms with Gasteiger partial charge in [0.2, 0.25) is 5.82 Å². The summed E-state index contributed by atoms with van der Waals surface area (Å²) in [5.41, 5.74) is -1.11. The van der Waals surface area contributed by atoms with Crippen LogP contribution in [-0.4, -0.2) is 25.4 Å². The van der Waals surface area contributed by atoms with Crippen LogP contribution in [0.15, 0.2) is 12.1 Å². The van der Waals surface area contributed by atoms with Crippen LogP contribution in [0.4, 0.5) is 17.6 Å². The van der Waals surface area contributed by atoms with E-state index in [1.54, 1.807) is 6.92 Å². The standard InChI is InChI=1S/C18H24F4O3/c1-3-11-24-12-5-7-13(8-6-12)25-18(21,22)14-9-10-15(23-4-2)17(20)16(14)19/h9-10,12-13H,3-8,11H2,1-2H3. The Bertz CT molecular complexity index is 557. The molecule has 1 fully saturated rings. The third-order valence-corrected chi connectivity index (χ3v) is 4.15. The highest BCUT2D eigenvalue weighted by Gasteiger charge is 2.41. The van der Waals surface area contributed by atoms with E-state index < -0.39 is 35.2 Å². The molecule has 3 nitrogen and oxygen atoms in total. The number of halogens is 4. The molecule has 1 saturated carbocycles. The molecule has 0 N–H and O–H groups in total. The van der Waals surface area contributed by atoms with Crippen molar-refractivity contribution in [3.05, 3.63) is 29.3 Å². The minimum Gasteiger partial charge on any atom is -0.491 e. The van der Waals surface area contributed by atoms with Gasteiger partial charge in [0, 0.05) is 6.61 Å². The topological polar surface area (TPSA) is 27.7 Å². The fourth-order valence-corrected chi connectivity index (χ4v) is 2.90. The Balaban J connectivity index is 2.01. The SMILES string of the molecule is CCCOC1CCC(OC(F)(F)c2ccc(OCC)c(F)c2F)CC1. The normalized spacial score (nSPS) is 21.4. The molecule has 2 rings (SSSR count). The summed E-state index contributed by atoms with van der Waals surface area (Å²) in [4.78, 5) is 0. The maximum Gasteiger partial charge on any atom is 0.386 e. The molecule has 0 aliphatic heterocycles. The first-order chi connectivity index (χ1) is 11.9. The Morgan fingerprint density at radius 1 is 1.00 bits per heavy atom. The summed E-state index contributed by atoms with van der Waals surface area (Å²) in [5.74, 6) is -3.47. The Labute approximate surface area is 145 Å². The number of hydrogen-bond donors (Lipinski definition) is 0. The van der Waals surface area contributed by atoms with Gasteiger partial charge in [-0.15, -0.1) is 0 Å². The van der Waals surface area contributed by atoms with E-state index in [2.05, 4.69) is 0 Å². The fourth-order valence-electron chi connectivity index (χ4n) is 2.90. The quantitative estimate of drug-likeness (QED) is 0.596. The van der Waals surface area contributed by atoms with Gasteiger partial charge >= 0.3 is 6.11 Å². The summed E-state index contributed by atoms with van der Waals surface area (Å²) in [6, 6.07) is 1.80. The minimum atomic E-state index is -3.91. The molecule has 142 valence electrons. The first-order valence-corrected chi connectivity index (χ1v) is 8.67. The van der Waals surface area contributed by atoms with Crippen LogP contribution >= 0.6 is 0 Å². The zero-order valence-corrected chi connectivity index (χ0v) is 14.5. The van der Waals surface area contributed by atoms with E-state index in [0.29, 0.717) is 32.3 Å². The lowest BCUT2D eigenvalue weighted by Crippen LogP contribution is -2.32. The molecule has 7 heteroatoms. The number of hydrogen-bond acceptors (Lipinski definition) is 3. The summed E-state index contributed by atoms with van der Waals surface area (Å²) >= 11 is 0. The highest BCUT2D eigenvalue weighted by molar-refractivity contribution is 5.32. The Morgan fingerprint density at radius 3 is 2.24 bits per heavy atom. The molecule has 1 aromatic carbocycles. The highest BCUT2D eigenvalue weighted by atomic mass is 19.3. The Morgan fingerprint density at radius 2 is 1.64 bits per heavy atom. The molecule has 1 aliphatic rings. The second-order valence-corrected chi connectivity index (χ2v) is 6.08. The van der Waals surface area contributed by atoms with Crippen LogP contribution < -0.4 is 4.74 Å². The number of alkyl halides is 2. The van der Waals surface area contributed by atoms with Crippen LogP contribution in [0.2, 0.25) is 0 Å². The van der Waals surface area contributed by atoms with Crippen molar-refractivity contribution < 1.29 is 31.8 Å². The zero-order chi connectivity index (χ0) is 18.4. The van der Waals surface area contributed by atoms with Crippen LogP contribution in [0.3, 0.4) is 0 Å². The van der Waals surface area contributed by atoms with Gasteiger partial charge in [0.1, 0.15) is 0 Å². The summed E-state index contributed by atoms with van der Waals surface area (Å²) in [7, 11) is 0. The van der Waals surface area contributed by atoms with Crippen molar-refractivity contribution >= 4 is 0 Å². The third kappa shape index (κ3) is 5.07. The van der Waals surface area contributed by atoms with Gasteiger partial charge in [-0.05, 0) is 51.2 Å². The van der Waals surface area contributed by atoms with Crippen LogP contribution in [0.25, 0.3) is 0 Å². The van der Waals surface area contributed by atoms with Crippen LogP contribution in [0, 0.1) is 11.6 Å². The molecular formula is C18H24F4O3. The predicted molar refractivity (Wildman–Crippen MR) is 84.8 cm³/mol. The third-order valence-electron chi connectivity index (χ3n) is 4.15. The van der Waals surface area contributed by atoms with Gasteiger partial charge in [-0.2, -0.15) is 13.2 Å². The van der Waals surface area contributed by atoms with Gasteiger partial charge < -0.3 is 14.2 Å². The fraction of sp³-hybridized carbons (Fsp3) is 0.667. The number of ether oxygens (including phenoxy) is 3. The number of rotatable bonds is 8. The van der Waals surface area contributed by atoms with Crippen molar-refractivity contribution in [3.8, 4) is 5.75 Å². The summed E-state index contributed by atoms with van der Waals surface area (Å²) in [6.07, 6.45) is -1.66. The minimum absolute atomic E-state index is 0.0491. The van der Waals surface area contributed by atoms with Gasteiger partial charge in [0.05, 0.1) is 24.4 Å². The highest BCUT2D eigenvalue weighted by Crippen LogP contribution is 2.38. The molecule has 0 bridgehead atoms. The van der Waals surface area contributed by atoms with E-state index in [1.165, 1.54) is 0 Å². The van der Waals surface area contributed by atoms with Crippen molar-refractivity contribution in [1.29, 1.82) is 0 Å². The van der Waals surface area contributed by atoms with Gasteiger partial charge in [-0.25, -0.2) is 4.39 Å². The molecule has 1 aliphatic carbocycles. The largest absolute Gasteiger partial charge is 0.491 e. The maximum absolute atomic E-state index is 14.3. The van der Waals surface area contributed by atoms with Crippen molar-refractivity contribution in [3.63, 3.8) is 0 Å². The second kappa shape index (κ2) is 8.85. The lowest BCUT2D eigenvalue weighted by atomic mass is 9.95. The molecule has 0 spiro atoms. The van der Waals surface area contributed by atoms with Crippen LogP contribution in [0.5, 0.6) is 5.75 Å². The zero-order valence-electron chi connectivity index (χ0n) is 14.5. The molecule has 0 aromatic heterocycles.